The van der Waals surface area contributed by atoms with Gasteiger partial charge in [-0.3, -0.25) is 4.99 Å². The van der Waals surface area contributed by atoms with Gasteiger partial charge in [0.1, 0.15) is 5.04 Å². The predicted molar refractivity (Wildman–Crippen MR) is 68.8 cm³/mol. The summed E-state index contributed by atoms with van der Waals surface area (Å²) in [5.74, 6) is 0. The SMILES string of the molecule is C=C1SC(c2ccc(Cl)cc2)=NC1(C)C. The van der Waals surface area contributed by atoms with E-state index in [-0.39, 0.29) is 5.54 Å². The van der Waals surface area contributed by atoms with E-state index in [2.05, 4.69) is 25.4 Å². The Morgan fingerprint density at radius 3 is 2.33 bits per heavy atom. The van der Waals surface area contributed by atoms with Crippen LogP contribution in [0, 0.1) is 0 Å². The maximum atomic E-state index is 5.84. The van der Waals surface area contributed by atoms with E-state index in [9.17, 15) is 0 Å². The average Bonchev–Trinajstić information content (AvgIpc) is 2.42. The molecule has 1 heterocycles. The summed E-state index contributed by atoms with van der Waals surface area (Å²) in [7, 11) is 0. The number of hydrogen-bond acceptors (Lipinski definition) is 2. The zero-order valence-electron chi connectivity index (χ0n) is 8.75. The molecule has 0 fully saturated rings. The molecule has 0 spiro atoms. The molecule has 1 aromatic rings. The molecule has 1 nitrogen and oxygen atoms in total. The first-order valence-corrected chi connectivity index (χ1v) is 5.91. The van der Waals surface area contributed by atoms with Crippen LogP contribution in [-0.4, -0.2) is 10.6 Å². The van der Waals surface area contributed by atoms with E-state index in [4.69, 9.17) is 11.6 Å². The minimum absolute atomic E-state index is 0.153. The zero-order valence-corrected chi connectivity index (χ0v) is 10.3. The highest BCUT2D eigenvalue weighted by Crippen LogP contribution is 2.39. The molecule has 78 valence electrons. The summed E-state index contributed by atoms with van der Waals surface area (Å²) < 4.78 is 0. The lowest BCUT2D eigenvalue weighted by atomic mass is 10.1. The Balaban J connectivity index is 2.35. The molecule has 0 radical (unpaired) electrons. The van der Waals surface area contributed by atoms with E-state index in [1.54, 1.807) is 11.8 Å². The highest BCUT2D eigenvalue weighted by molar-refractivity contribution is 8.18. The molecule has 0 unspecified atom stereocenters. The molecular weight excluding hydrogens is 226 g/mol. The van der Waals surface area contributed by atoms with Crippen LogP contribution in [0.25, 0.3) is 0 Å². The van der Waals surface area contributed by atoms with E-state index in [0.29, 0.717) is 0 Å². The van der Waals surface area contributed by atoms with Gasteiger partial charge in [-0.1, -0.05) is 42.1 Å². The van der Waals surface area contributed by atoms with Crippen molar-refractivity contribution >= 4 is 28.4 Å². The van der Waals surface area contributed by atoms with Crippen LogP contribution in [0.3, 0.4) is 0 Å². The highest BCUT2D eigenvalue weighted by atomic mass is 35.5. The Bertz CT molecular complexity index is 431. The summed E-state index contributed by atoms with van der Waals surface area (Å²) in [4.78, 5) is 5.73. The van der Waals surface area contributed by atoms with Crippen molar-refractivity contribution in [2.45, 2.75) is 19.4 Å². The van der Waals surface area contributed by atoms with E-state index >= 15 is 0 Å². The van der Waals surface area contributed by atoms with Crippen LogP contribution in [0.1, 0.15) is 19.4 Å². The molecule has 1 aliphatic rings. The van der Waals surface area contributed by atoms with Crippen LogP contribution in [0.5, 0.6) is 0 Å². The normalized spacial score (nSPS) is 19.1. The lowest BCUT2D eigenvalue weighted by Crippen LogP contribution is -2.12. The molecule has 0 saturated carbocycles. The van der Waals surface area contributed by atoms with Gasteiger partial charge in [-0.25, -0.2) is 0 Å². The van der Waals surface area contributed by atoms with Gasteiger partial charge in [0.2, 0.25) is 0 Å². The second-order valence-electron chi connectivity index (χ2n) is 4.01. The third-order valence-electron chi connectivity index (χ3n) is 2.37. The van der Waals surface area contributed by atoms with Crippen molar-refractivity contribution in [2.75, 3.05) is 0 Å². The molecule has 3 heteroatoms. The molecule has 0 atom stereocenters. The van der Waals surface area contributed by atoms with Crippen molar-refractivity contribution in [2.24, 2.45) is 4.99 Å². The fraction of sp³-hybridized carbons (Fsp3) is 0.250. The van der Waals surface area contributed by atoms with Crippen molar-refractivity contribution in [3.63, 3.8) is 0 Å². The minimum Gasteiger partial charge on any atom is -0.266 e. The monoisotopic (exact) mass is 237 g/mol. The fourth-order valence-corrected chi connectivity index (χ4v) is 2.48. The zero-order chi connectivity index (χ0) is 11.1. The highest BCUT2D eigenvalue weighted by Gasteiger charge is 2.30. The van der Waals surface area contributed by atoms with Crippen molar-refractivity contribution in [1.29, 1.82) is 0 Å². The number of halogens is 1. The van der Waals surface area contributed by atoms with E-state index in [1.807, 2.05) is 24.3 Å². The number of nitrogens with zero attached hydrogens (tertiary/aromatic N) is 1. The number of hydrogen-bond donors (Lipinski definition) is 0. The quantitative estimate of drug-likeness (QED) is 0.716. The van der Waals surface area contributed by atoms with Crippen LogP contribution >= 0.6 is 23.4 Å². The van der Waals surface area contributed by atoms with Crippen molar-refractivity contribution in [3.8, 4) is 0 Å². The van der Waals surface area contributed by atoms with Crippen molar-refractivity contribution in [3.05, 3.63) is 46.3 Å². The second-order valence-corrected chi connectivity index (χ2v) is 5.53. The van der Waals surface area contributed by atoms with Crippen molar-refractivity contribution in [1.82, 2.24) is 0 Å². The summed E-state index contributed by atoms with van der Waals surface area (Å²) in [6.07, 6.45) is 0. The first kappa shape index (κ1) is 10.8. The number of aliphatic imine (C=N–C) groups is 1. The summed E-state index contributed by atoms with van der Waals surface area (Å²) >= 11 is 7.48. The van der Waals surface area contributed by atoms with Crippen LogP contribution in [0.15, 0.2) is 40.7 Å². The van der Waals surface area contributed by atoms with Crippen LogP contribution in [-0.2, 0) is 0 Å². The third kappa shape index (κ3) is 2.11. The first-order chi connectivity index (χ1) is 6.99. The number of thioether (sulfide) groups is 1. The molecule has 2 rings (SSSR count). The predicted octanol–water partition coefficient (Wildman–Crippen LogP) is 4.13. The van der Waals surface area contributed by atoms with Gasteiger partial charge in [0, 0.05) is 15.5 Å². The Labute approximate surface area is 99.2 Å². The molecule has 1 aromatic carbocycles. The van der Waals surface area contributed by atoms with Crippen LogP contribution < -0.4 is 0 Å². The number of benzene rings is 1. The Hall–Kier alpha value is -0.730. The lowest BCUT2D eigenvalue weighted by Gasteiger charge is -2.12. The Kier molecular flexibility index (Phi) is 2.65. The Morgan fingerprint density at radius 1 is 1.27 bits per heavy atom. The summed E-state index contributed by atoms with van der Waals surface area (Å²) in [5.41, 5.74) is 0.954. The van der Waals surface area contributed by atoms with Gasteiger partial charge >= 0.3 is 0 Å². The lowest BCUT2D eigenvalue weighted by molar-refractivity contribution is 0.657. The second kappa shape index (κ2) is 3.69. The maximum absolute atomic E-state index is 5.84. The largest absolute Gasteiger partial charge is 0.266 e. The van der Waals surface area contributed by atoms with Gasteiger partial charge < -0.3 is 0 Å². The molecule has 0 aliphatic carbocycles. The van der Waals surface area contributed by atoms with Crippen molar-refractivity contribution < 1.29 is 0 Å². The first-order valence-electron chi connectivity index (χ1n) is 4.72. The van der Waals surface area contributed by atoms with Gasteiger partial charge in [-0.15, -0.1) is 0 Å². The minimum atomic E-state index is -0.153. The van der Waals surface area contributed by atoms with E-state index in [0.717, 1.165) is 20.5 Å². The molecule has 0 amide bonds. The molecule has 0 saturated heterocycles. The molecular formula is C12H12ClNS. The summed E-state index contributed by atoms with van der Waals surface area (Å²) in [5, 5.41) is 1.78. The molecule has 15 heavy (non-hydrogen) atoms. The molecule has 0 N–H and O–H groups in total. The summed E-state index contributed by atoms with van der Waals surface area (Å²) in [6, 6.07) is 7.74. The van der Waals surface area contributed by atoms with Gasteiger partial charge in [0.05, 0.1) is 5.54 Å². The number of rotatable bonds is 1. The standard InChI is InChI=1S/C12H12ClNS/c1-8-12(2,3)14-11(15-8)9-4-6-10(13)7-5-9/h4-7H,1H2,2-3H3. The topological polar surface area (TPSA) is 12.4 Å². The van der Waals surface area contributed by atoms with Crippen LogP contribution in [0.4, 0.5) is 0 Å². The molecule has 0 aromatic heterocycles. The van der Waals surface area contributed by atoms with Crippen LogP contribution in [0.2, 0.25) is 5.02 Å². The van der Waals surface area contributed by atoms with E-state index in [1.165, 1.54) is 0 Å². The van der Waals surface area contributed by atoms with Gasteiger partial charge in [0.25, 0.3) is 0 Å². The van der Waals surface area contributed by atoms with Gasteiger partial charge in [-0.2, -0.15) is 0 Å². The molecule has 0 bridgehead atoms. The van der Waals surface area contributed by atoms with Gasteiger partial charge in [0.15, 0.2) is 0 Å². The Morgan fingerprint density at radius 2 is 1.87 bits per heavy atom. The molecule has 1 aliphatic heterocycles. The summed E-state index contributed by atoms with van der Waals surface area (Å²) in [6.45, 7) is 8.17. The smallest absolute Gasteiger partial charge is 0.103 e. The third-order valence-corrected chi connectivity index (χ3v) is 3.89. The van der Waals surface area contributed by atoms with E-state index < -0.39 is 0 Å². The fourth-order valence-electron chi connectivity index (χ4n) is 1.30. The van der Waals surface area contributed by atoms with Gasteiger partial charge in [-0.05, 0) is 26.0 Å². The maximum Gasteiger partial charge on any atom is 0.103 e. The average molecular weight is 238 g/mol.